The number of rotatable bonds is 4. The van der Waals surface area contributed by atoms with E-state index in [2.05, 4.69) is 10.3 Å². The molecule has 0 bridgehead atoms. The van der Waals surface area contributed by atoms with E-state index in [1.165, 1.54) is 0 Å². The lowest BCUT2D eigenvalue weighted by Crippen LogP contribution is -2.08. The fourth-order valence-corrected chi connectivity index (χ4v) is 1.45. The second-order valence-corrected chi connectivity index (χ2v) is 3.39. The van der Waals surface area contributed by atoms with Gasteiger partial charge in [0.15, 0.2) is 0 Å². The fraction of sp³-hybridized carbons (Fsp3) is 0.273. The van der Waals surface area contributed by atoms with Crippen LogP contribution in [0.4, 0.5) is 11.4 Å². The lowest BCUT2D eigenvalue weighted by atomic mass is 10.2. The number of hydrogen-bond acceptors (Lipinski definition) is 3. The van der Waals surface area contributed by atoms with Crippen molar-refractivity contribution in [2.75, 3.05) is 7.11 Å². The van der Waals surface area contributed by atoms with E-state index >= 15 is 0 Å². The third-order valence-electron chi connectivity index (χ3n) is 2.24. The van der Waals surface area contributed by atoms with Crippen LogP contribution in [0.5, 0.6) is 5.75 Å². The number of nitrogens with zero attached hydrogens (tertiary/aromatic N) is 2. The first-order valence-corrected chi connectivity index (χ1v) is 4.88. The molecule has 1 aliphatic heterocycles. The van der Waals surface area contributed by atoms with Gasteiger partial charge in [0, 0.05) is 12.5 Å². The molecule has 16 heavy (non-hydrogen) atoms. The smallest absolute Gasteiger partial charge is 0.303 e. The summed E-state index contributed by atoms with van der Waals surface area (Å²) >= 11 is 0. The molecule has 1 N–H and O–H groups in total. The van der Waals surface area contributed by atoms with Crippen molar-refractivity contribution in [2.45, 2.75) is 12.8 Å². The summed E-state index contributed by atoms with van der Waals surface area (Å²) in [5, 5.41) is 12.8. The van der Waals surface area contributed by atoms with E-state index in [1.807, 2.05) is 6.07 Å². The number of amidine groups is 1. The molecule has 0 spiro atoms. The number of carbonyl (C=O) groups is 1. The first-order chi connectivity index (χ1) is 7.69. The maximum absolute atomic E-state index is 10.4. The van der Waals surface area contributed by atoms with Gasteiger partial charge in [-0.25, -0.2) is 10.3 Å². The monoisotopic (exact) mass is 219 g/mol. The van der Waals surface area contributed by atoms with Gasteiger partial charge in [0.05, 0.1) is 24.9 Å². The van der Waals surface area contributed by atoms with Crippen LogP contribution < -0.4 is 10.1 Å². The zero-order valence-corrected chi connectivity index (χ0v) is 8.80. The van der Waals surface area contributed by atoms with Gasteiger partial charge in [-0.05, 0) is 12.1 Å². The van der Waals surface area contributed by atoms with E-state index in [1.54, 1.807) is 19.2 Å². The summed E-state index contributed by atoms with van der Waals surface area (Å²) < 4.78 is 5.07. The summed E-state index contributed by atoms with van der Waals surface area (Å²) in [6, 6.07) is 5.40. The number of aliphatic imine (C=N–C) groups is 1. The molecule has 0 saturated carbocycles. The van der Waals surface area contributed by atoms with Gasteiger partial charge < -0.3 is 9.84 Å². The standard InChI is InChI=1S/C11H11N2O3/c1-16-7-2-3-8-9(6-7)13-10(12-8)4-5-11(14)15/h2-3,6H,4-5H2,1H3,(H,14,15). The highest BCUT2D eigenvalue weighted by molar-refractivity contribution is 5.97. The maximum atomic E-state index is 10.4. The van der Waals surface area contributed by atoms with Crippen LogP contribution >= 0.6 is 0 Å². The zero-order chi connectivity index (χ0) is 11.5. The summed E-state index contributed by atoms with van der Waals surface area (Å²) in [7, 11) is 1.59. The molecule has 5 heteroatoms. The summed E-state index contributed by atoms with van der Waals surface area (Å²) in [4.78, 5) is 14.6. The number of benzene rings is 1. The molecule has 0 aliphatic carbocycles. The van der Waals surface area contributed by atoms with Crippen LogP contribution in [0.15, 0.2) is 23.2 Å². The predicted octanol–water partition coefficient (Wildman–Crippen LogP) is 1.84. The Labute approximate surface area is 92.8 Å². The van der Waals surface area contributed by atoms with E-state index in [-0.39, 0.29) is 6.42 Å². The van der Waals surface area contributed by atoms with Crippen LogP contribution in [0.3, 0.4) is 0 Å². The third-order valence-corrected chi connectivity index (χ3v) is 2.24. The van der Waals surface area contributed by atoms with Gasteiger partial charge >= 0.3 is 5.97 Å². The molecule has 1 radical (unpaired) electrons. The second kappa shape index (κ2) is 4.22. The summed E-state index contributed by atoms with van der Waals surface area (Å²) in [5.41, 5.74) is 1.50. The molecule has 1 aliphatic rings. The number of carboxylic acids is 1. The van der Waals surface area contributed by atoms with Crippen molar-refractivity contribution in [3.63, 3.8) is 0 Å². The number of carboxylic acid groups (broad SMARTS) is 1. The fourth-order valence-electron chi connectivity index (χ4n) is 1.45. The lowest BCUT2D eigenvalue weighted by Gasteiger charge is -2.01. The van der Waals surface area contributed by atoms with Crippen LogP contribution in [0.2, 0.25) is 0 Å². The SMILES string of the molecule is COc1ccc2c(c1)[N]C(CCC(=O)O)=N2. The molecule has 1 heterocycles. The molecule has 2 rings (SSSR count). The Bertz CT molecular complexity index is 455. The van der Waals surface area contributed by atoms with Crippen LogP contribution in [0.25, 0.3) is 0 Å². The molecule has 0 aromatic heterocycles. The van der Waals surface area contributed by atoms with Crippen molar-refractivity contribution in [3.05, 3.63) is 18.2 Å². The van der Waals surface area contributed by atoms with E-state index < -0.39 is 5.97 Å². The molecular formula is C11H11N2O3. The Hall–Kier alpha value is -2.04. The summed E-state index contributed by atoms with van der Waals surface area (Å²) in [5.74, 6) is 0.439. The number of aliphatic carboxylic acids is 1. The summed E-state index contributed by atoms with van der Waals surface area (Å²) in [6.07, 6.45) is 0.403. The highest BCUT2D eigenvalue weighted by Gasteiger charge is 2.16. The Morgan fingerprint density at radius 2 is 2.25 bits per heavy atom. The molecular weight excluding hydrogens is 208 g/mol. The molecule has 0 unspecified atom stereocenters. The van der Waals surface area contributed by atoms with Crippen LogP contribution in [-0.2, 0) is 4.79 Å². The number of hydrogen-bond donors (Lipinski definition) is 1. The minimum Gasteiger partial charge on any atom is -0.497 e. The normalized spacial score (nSPS) is 12.7. The van der Waals surface area contributed by atoms with Crippen molar-refractivity contribution in [1.82, 2.24) is 5.32 Å². The first kappa shape index (κ1) is 10.5. The van der Waals surface area contributed by atoms with Gasteiger partial charge in [0.2, 0.25) is 0 Å². The molecule has 1 aromatic carbocycles. The van der Waals surface area contributed by atoms with E-state index in [4.69, 9.17) is 9.84 Å². The molecule has 0 atom stereocenters. The minimum atomic E-state index is -0.841. The maximum Gasteiger partial charge on any atom is 0.303 e. The van der Waals surface area contributed by atoms with Crippen molar-refractivity contribution in [2.24, 2.45) is 4.99 Å². The Balaban J connectivity index is 2.08. The van der Waals surface area contributed by atoms with Crippen molar-refractivity contribution in [1.29, 1.82) is 0 Å². The van der Waals surface area contributed by atoms with Gasteiger partial charge in [0.1, 0.15) is 11.6 Å². The Kier molecular flexibility index (Phi) is 2.76. The predicted molar refractivity (Wildman–Crippen MR) is 58.8 cm³/mol. The quantitative estimate of drug-likeness (QED) is 0.839. The number of methoxy groups -OCH3 is 1. The lowest BCUT2D eigenvalue weighted by molar-refractivity contribution is -0.136. The average Bonchev–Trinajstić information content (AvgIpc) is 2.67. The zero-order valence-electron chi connectivity index (χ0n) is 8.80. The Morgan fingerprint density at radius 3 is 2.94 bits per heavy atom. The van der Waals surface area contributed by atoms with E-state index in [0.717, 1.165) is 17.1 Å². The Morgan fingerprint density at radius 1 is 1.44 bits per heavy atom. The van der Waals surface area contributed by atoms with Crippen LogP contribution in [0.1, 0.15) is 12.8 Å². The average molecular weight is 219 g/mol. The van der Waals surface area contributed by atoms with Crippen LogP contribution in [0, 0.1) is 0 Å². The van der Waals surface area contributed by atoms with Gasteiger partial charge in [-0.2, -0.15) is 0 Å². The van der Waals surface area contributed by atoms with Crippen LogP contribution in [-0.4, -0.2) is 24.0 Å². The highest BCUT2D eigenvalue weighted by atomic mass is 16.5. The van der Waals surface area contributed by atoms with E-state index in [0.29, 0.717) is 12.3 Å². The first-order valence-electron chi connectivity index (χ1n) is 4.88. The topological polar surface area (TPSA) is 73.0 Å². The molecule has 5 nitrogen and oxygen atoms in total. The van der Waals surface area contributed by atoms with E-state index in [9.17, 15) is 4.79 Å². The molecule has 0 fully saturated rings. The van der Waals surface area contributed by atoms with Gasteiger partial charge in [-0.15, -0.1) is 0 Å². The van der Waals surface area contributed by atoms with Crippen molar-refractivity contribution < 1.29 is 14.6 Å². The molecule has 0 amide bonds. The third kappa shape index (κ3) is 2.13. The van der Waals surface area contributed by atoms with Gasteiger partial charge in [-0.3, -0.25) is 4.79 Å². The highest BCUT2D eigenvalue weighted by Crippen LogP contribution is 2.34. The summed E-state index contributed by atoms with van der Waals surface area (Å²) in [6.45, 7) is 0. The van der Waals surface area contributed by atoms with Gasteiger partial charge in [-0.1, -0.05) is 0 Å². The molecule has 0 saturated heterocycles. The molecule has 83 valence electrons. The number of fused-ring (bicyclic) bond motifs is 1. The molecule has 1 aromatic rings. The minimum absolute atomic E-state index is 0.0491. The van der Waals surface area contributed by atoms with Crippen molar-refractivity contribution >= 4 is 23.2 Å². The number of ether oxygens (including phenoxy) is 1. The van der Waals surface area contributed by atoms with Crippen molar-refractivity contribution in [3.8, 4) is 5.75 Å². The second-order valence-electron chi connectivity index (χ2n) is 3.39. The largest absolute Gasteiger partial charge is 0.497 e. The van der Waals surface area contributed by atoms with Gasteiger partial charge in [0.25, 0.3) is 0 Å².